The zero-order valence-electron chi connectivity index (χ0n) is 12.2. The van der Waals surface area contributed by atoms with Gasteiger partial charge in [0.05, 0.1) is 6.04 Å². The number of anilines is 1. The van der Waals surface area contributed by atoms with E-state index in [4.69, 9.17) is 15.2 Å². The minimum atomic E-state index is -0.526. The molecule has 2 heterocycles. The second kappa shape index (κ2) is 4.74. The predicted molar refractivity (Wildman–Crippen MR) is 81.9 cm³/mol. The van der Waals surface area contributed by atoms with Crippen molar-refractivity contribution >= 4 is 11.6 Å². The number of carbonyl (C=O) groups is 1. The lowest BCUT2D eigenvalue weighted by atomic mass is 9.88. The van der Waals surface area contributed by atoms with E-state index in [0.717, 1.165) is 22.6 Å². The summed E-state index contributed by atoms with van der Waals surface area (Å²) in [5.74, 6) is 1.37. The van der Waals surface area contributed by atoms with E-state index < -0.39 is 6.04 Å². The number of β-lactam (4-membered cyclic amide) rings is 1. The fourth-order valence-electron chi connectivity index (χ4n) is 2.96. The summed E-state index contributed by atoms with van der Waals surface area (Å²) in [5, 5.41) is 0. The highest BCUT2D eigenvalue weighted by Crippen LogP contribution is 2.42. The van der Waals surface area contributed by atoms with Crippen LogP contribution in [-0.2, 0) is 4.79 Å². The SMILES string of the molecule is Cc1ccc(N2C(=O)C(N)C2c2ccc3c(c2)OCO3)cc1. The molecule has 0 radical (unpaired) electrons. The maximum absolute atomic E-state index is 12.2. The quantitative estimate of drug-likeness (QED) is 0.862. The third-order valence-electron chi connectivity index (χ3n) is 4.19. The maximum Gasteiger partial charge on any atom is 0.247 e. The van der Waals surface area contributed by atoms with E-state index in [1.807, 2.05) is 49.4 Å². The average molecular weight is 296 g/mol. The molecule has 0 aromatic heterocycles. The topological polar surface area (TPSA) is 64.8 Å². The molecule has 2 atom stereocenters. The number of hydrogen-bond acceptors (Lipinski definition) is 4. The molecule has 0 saturated carbocycles. The van der Waals surface area contributed by atoms with Crippen LogP contribution in [-0.4, -0.2) is 18.7 Å². The maximum atomic E-state index is 12.2. The lowest BCUT2D eigenvalue weighted by molar-refractivity contribution is -0.126. The van der Waals surface area contributed by atoms with Crippen LogP contribution in [0, 0.1) is 6.92 Å². The molecule has 2 aliphatic heterocycles. The molecule has 2 aromatic rings. The second-order valence-electron chi connectivity index (χ2n) is 5.63. The summed E-state index contributed by atoms with van der Waals surface area (Å²) in [4.78, 5) is 13.9. The molecule has 2 aromatic carbocycles. The van der Waals surface area contributed by atoms with Gasteiger partial charge in [-0.2, -0.15) is 0 Å². The number of hydrogen-bond donors (Lipinski definition) is 1. The smallest absolute Gasteiger partial charge is 0.247 e. The summed E-state index contributed by atoms with van der Waals surface area (Å²) in [6, 6.07) is 12.9. The van der Waals surface area contributed by atoms with Crippen LogP contribution in [0.3, 0.4) is 0 Å². The summed E-state index contributed by atoms with van der Waals surface area (Å²) >= 11 is 0. The predicted octanol–water partition coefficient (Wildman–Crippen LogP) is 2.14. The Kier molecular flexibility index (Phi) is 2.84. The van der Waals surface area contributed by atoms with Gasteiger partial charge in [0.15, 0.2) is 11.5 Å². The van der Waals surface area contributed by atoms with Crippen molar-refractivity contribution < 1.29 is 14.3 Å². The molecular formula is C17H16N2O3. The van der Waals surface area contributed by atoms with Gasteiger partial charge in [-0.05, 0) is 36.8 Å². The first-order valence-electron chi connectivity index (χ1n) is 7.20. The number of ether oxygens (including phenoxy) is 2. The molecule has 5 nitrogen and oxygen atoms in total. The second-order valence-corrected chi connectivity index (χ2v) is 5.63. The van der Waals surface area contributed by atoms with Crippen LogP contribution in [0.4, 0.5) is 5.69 Å². The molecule has 112 valence electrons. The first-order valence-corrected chi connectivity index (χ1v) is 7.20. The molecule has 0 spiro atoms. The molecule has 1 amide bonds. The summed E-state index contributed by atoms with van der Waals surface area (Å²) in [6.07, 6.45) is 0. The highest BCUT2D eigenvalue weighted by molar-refractivity contribution is 6.05. The number of carbonyl (C=O) groups excluding carboxylic acids is 1. The van der Waals surface area contributed by atoms with E-state index in [9.17, 15) is 4.79 Å². The lowest BCUT2D eigenvalue weighted by Gasteiger charge is -2.45. The van der Waals surface area contributed by atoms with E-state index in [1.54, 1.807) is 4.90 Å². The van der Waals surface area contributed by atoms with Gasteiger partial charge in [0.25, 0.3) is 0 Å². The van der Waals surface area contributed by atoms with Gasteiger partial charge in [0, 0.05) is 5.69 Å². The third kappa shape index (κ3) is 1.86. The molecule has 22 heavy (non-hydrogen) atoms. The van der Waals surface area contributed by atoms with Gasteiger partial charge in [0.1, 0.15) is 6.04 Å². The third-order valence-corrected chi connectivity index (χ3v) is 4.19. The van der Waals surface area contributed by atoms with Crippen LogP contribution >= 0.6 is 0 Å². The number of aryl methyl sites for hydroxylation is 1. The Labute approximate surface area is 128 Å². The largest absolute Gasteiger partial charge is 0.454 e. The number of fused-ring (bicyclic) bond motifs is 1. The molecule has 4 rings (SSSR count). The van der Waals surface area contributed by atoms with E-state index >= 15 is 0 Å². The van der Waals surface area contributed by atoms with E-state index in [1.165, 1.54) is 0 Å². The Hall–Kier alpha value is -2.53. The first kappa shape index (κ1) is 13.2. The van der Waals surface area contributed by atoms with Gasteiger partial charge in [-0.1, -0.05) is 23.8 Å². The zero-order valence-corrected chi connectivity index (χ0v) is 12.2. The van der Waals surface area contributed by atoms with Gasteiger partial charge >= 0.3 is 0 Å². The van der Waals surface area contributed by atoms with Crippen LogP contribution in [0.5, 0.6) is 11.5 Å². The molecule has 2 N–H and O–H groups in total. The van der Waals surface area contributed by atoms with Gasteiger partial charge in [-0.15, -0.1) is 0 Å². The number of rotatable bonds is 2. The molecule has 5 heteroatoms. The normalized spacial score (nSPS) is 22.6. The van der Waals surface area contributed by atoms with Crippen LogP contribution in [0.2, 0.25) is 0 Å². The molecular weight excluding hydrogens is 280 g/mol. The summed E-state index contributed by atoms with van der Waals surface area (Å²) in [5.41, 5.74) is 9.01. The van der Waals surface area contributed by atoms with Crippen LogP contribution in [0.1, 0.15) is 17.2 Å². The molecule has 2 unspecified atom stereocenters. The van der Waals surface area contributed by atoms with Crippen molar-refractivity contribution in [2.75, 3.05) is 11.7 Å². The Morgan fingerprint density at radius 3 is 2.59 bits per heavy atom. The van der Waals surface area contributed by atoms with Crippen LogP contribution < -0.4 is 20.1 Å². The molecule has 0 aliphatic carbocycles. The number of nitrogens with zero attached hydrogens (tertiary/aromatic N) is 1. The molecule has 1 saturated heterocycles. The van der Waals surface area contributed by atoms with Crippen molar-refractivity contribution in [3.05, 3.63) is 53.6 Å². The zero-order chi connectivity index (χ0) is 15.3. The van der Waals surface area contributed by atoms with E-state index in [2.05, 4.69) is 0 Å². The van der Waals surface area contributed by atoms with Gasteiger partial charge in [-0.25, -0.2) is 0 Å². The van der Waals surface area contributed by atoms with Crippen LogP contribution in [0.25, 0.3) is 0 Å². The summed E-state index contributed by atoms with van der Waals surface area (Å²) < 4.78 is 10.7. The van der Waals surface area contributed by atoms with Crippen molar-refractivity contribution in [3.8, 4) is 11.5 Å². The summed E-state index contributed by atoms with van der Waals surface area (Å²) in [6.45, 7) is 2.25. The number of amides is 1. The fraction of sp³-hybridized carbons (Fsp3) is 0.235. The minimum Gasteiger partial charge on any atom is -0.454 e. The van der Waals surface area contributed by atoms with Gasteiger partial charge in [0.2, 0.25) is 12.7 Å². The van der Waals surface area contributed by atoms with Crippen molar-refractivity contribution in [2.45, 2.75) is 19.0 Å². The van der Waals surface area contributed by atoms with Crippen molar-refractivity contribution in [3.63, 3.8) is 0 Å². The number of nitrogens with two attached hydrogens (primary N) is 1. The van der Waals surface area contributed by atoms with E-state index in [0.29, 0.717) is 5.75 Å². The minimum absolute atomic E-state index is 0.0634. The standard InChI is InChI=1S/C17H16N2O3/c1-10-2-5-12(6-3-10)19-16(15(18)17(19)20)11-4-7-13-14(8-11)22-9-21-13/h2-8,15-16H,9,18H2,1H3. The van der Waals surface area contributed by atoms with Crippen LogP contribution in [0.15, 0.2) is 42.5 Å². The van der Waals surface area contributed by atoms with E-state index in [-0.39, 0.29) is 18.7 Å². The highest BCUT2D eigenvalue weighted by atomic mass is 16.7. The Morgan fingerprint density at radius 1 is 1.09 bits per heavy atom. The molecule has 1 fully saturated rings. The molecule has 0 bridgehead atoms. The van der Waals surface area contributed by atoms with Crippen molar-refractivity contribution in [1.29, 1.82) is 0 Å². The monoisotopic (exact) mass is 296 g/mol. The fourth-order valence-corrected chi connectivity index (χ4v) is 2.96. The van der Waals surface area contributed by atoms with Crippen molar-refractivity contribution in [2.24, 2.45) is 5.73 Å². The Morgan fingerprint density at radius 2 is 1.82 bits per heavy atom. The van der Waals surface area contributed by atoms with Gasteiger partial charge < -0.3 is 20.1 Å². The Balaban J connectivity index is 1.70. The lowest BCUT2D eigenvalue weighted by Crippen LogP contribution is -2.63. The van der Waals surface area contributed by atoms with Crippen molar-refractivity contribution in [1.82, 2.24) is 0 Å². The number of benzene rings is 2. The Bertz CT molecular complexity index is 742. The molecule has 2 aliphatic rings. The van der Waals surface area contributed by atoms with Gasteiger partial charge in [-0.3, -0.25) is 4.79 Å². The summed E-state index contributed by atoms with van der Waals surface area (Å²) in [7, 11) is 0. The first-order chi connectivity index (χ1) is 10.6. The average Bonchev–Trinajstić information content (AvgIpc) is 3.00. The highest BCUT2D eigenvalue weighted by Gasteiger charge is 2.46.